The summed E-state index contributed by atoms with van der Waals surface area (Å²) < 4.78 is 0. The Hall–Kier alpha value is -2.10. The van der Waals surface area contributed by atoms with Crippen molar-refractivity contribution in [3.63, 3.8) is 0 Å². The van der Waals surface area contributed by atoms with E-state index in [0.29, 0.717) is 11.8 Å². The lowest BCUT2D eigenvalue weighted by molar-refractivity contribution is 0.475. The zero-order valence-corrected chi connectivity index (χ0v) is 10.4. The van der Waals surface area contributed by atoms with Gasteiger partial charge in [0.05, 0.1) is 18.1 Å². The van der Waals surface area contributed by atoms with Gasteiger partial charge < -0.3 is 10.4 Å². The molecule has 0 fully saturated rings. The highest BCUT2D eigenvalue weighted by atomic mass is 16.3. The Morgan fingerprint density at radius 1 is 1.17 bits per heavy atom. The minimum absolute atomic E-state index is 0.311. The molecule has 1 aromatic heterocycles. The van der Waals surface area contributed by atoms with Crippen LogP contribution in [0.25, 0.3) is 0 Å². The molecule has 18 heavy (non-hydrogen) atoms. The van der Waals surface area contributed by atoms with E-state index in [1.165, 1.54) is 11.9 Å². The maximum atomic E-state index is 9.20. The summed E-state index contributed by atoms with van der Waals surface area (Å²) in [5.41, 5.74) is 2.17. The van der Waals surface area contributed by atoms with Crippen molar-refractivity contribution in [3.8, 4) is 5.75 Å². The molecule has 0 aliphatic rings. The van der Waals surface area contributed by atoms with E-state index in [1.54, 1.807) is 24.5 Å². The van der Waals surface area contributed by atoms with Crippen LogP contribution in [0.1, 0.15) is 18.9 Å². The van der Waals surface area contributed by atoms with Crippen molar-refractivity contribution in [2.24, 2.45) is 0 Å². The summed E-state index contributed by atoms with van der Waals surface area (Å²) in [4.78, 5) is 7.93. The Balaban J connectivity index is 1.81. The minimum atomic E-state index is 0.311. The molecule has 1 atom stereocenters. The zero-order chi connectivity index (χ0) is 12.8. The number of nitrogens with one attached hydrogen (secondary N) is 1. The first-order valence-corrected chi connectivity index (χ1v) is 6.03. The number of aryl methyl sites for hydroxylation is 1. The van der Waals surface area contributed by atoms with E-state index < -0.39 is 0 Å². The van der Waals surface area contributed by atoms with E-state index in [9.17, 15) is 5.11 Å². The molecule has 0 saturated heterocycles. The molecule has 94 valence electrons. The van der Waals surface area contributed by atoms with E-state index in [4.69, 9.17) is 0 Å². The van der Waals surface area contributed by atoms with Gasteiger partial charge in [-0.2, -0.15) is 0 Å². The standard InChI is InChI=1S/C14H17N3O/c1-11(17-13-8-15-10-16-9-13)2-3-12-4-6-14(18)7-5-12/h4-11,17-18H,2-3H2,1H3. The van der Waals surface area contributed by atoms with E-state index in [2.05, 4.69) is 22.2 Å². The van der Waals surface area contributed by atoms with E-state index in [0.717, 1.165) is 18.5 Å². The molecule has 4 heteroatoms. The zero-order valence-electron chi connectivity index (χ0n) is 10.4. The SMILES string of the molecule is CC(CCc1ccc(O)cc1)Nc1cncnc1. The summed E-state index contributed by atoms with van der Waals surface area (Å²) in [5, 5.41) is 12.6. The lowest BCUT2D eigenvalue weighted by Gasteiger charge is -2.14. The van der Waals surface area contributed by atoms with Crippen LogP contribution in [0.15, 0.2) is 43.0 Å². The highest BCUT2D eigenvalue weighted by Crippen LogP contribution is 2.13. The molecule has 2 rings (SSSR count). The fourth-order valence-corrected chi connectivity index (χ4v) is 1.78. The molecule has 4 nitrogen and oxygen atoms in total. The summed E-state index contributed by atoms with van der Waals surface area (Å²) in [6.45, 7) is 2.13. The average Bonchev–Trinajstić information content (AvgIpc) is 2.39. The molecule has 1 unspecified atom stereocenters. The first-order chi connectivity index (χ1) is 8.74. The Morgan fingerprint density at radius 3 is 2.50 bits per heavy atom. The number of phenols is 1. The Labute approximate surface area is 107 Å². The molecule has 0 aliphatic carbocycles. The molecule has 2 aromatic rings. The smallest absolute Gasteiger partial charge is 0.115 e. The number of hydrogen-bond donors (Lipinski definition) is 2. The number of hydrogen-bond acceptors (Lipinski definition) is 4. The summed E-state index contributed by atoms with van der Waals surface area (Å²) in [7, 11) is 0. The fraction of sp³-hybridized carbons (Fsp3) is 0.286. The van der Waals surface area contributed by atoms with Gasteiger partial charge in [0.15, 0.2) is 0 Å². The van der Waals surface area contributed by atoms with Gasteiger partial charge in [-0.15, -0.1) is 0 Å². The van der Waals surface area contributed by atoms with E-state index in [-0.39, 0.29) is 0 Å². The number of aromatic hydroxyl groups is 1. The fourth-order valence-electron chi connectivity index (χ4n) is 1.78. The summed E-state index contributed by atoms with van der Waals surface area (Å²) in [6.07, 6.45) is 7.04. The van der Waals surface area contributed by atoms with Crippen LogP contribution in [0, 0.1) is 0 Å². The maximum absolute atomic E-state index is 9.20. The normalized spacial score (nSPS) is 12.1. The number of rotatable bonds is 5. The van der Waals surface area contributed by atoms with Crippen LogP contribution in [0.5, 0.6) is 5.75 Å². The van der Waals surface area contributed by atoms with Crippen LogP contribution >= 0.6 is 0 Å². The van der Waals surface area contributed by atoms with Gasteiger partial charge in [0.25, 0.3) is 0 Å². The molecule has 0 saturated carbocycles. The van der Waals surface area contributed by atoms with Gasteiger partial charge in [-0.1, -0.05) is 12.1 Å². The number of aromatic nitrogens is 2. The van der Waals surface area contributed by atoms with Crippen molar-refractivity contribution in [2.45, 2.75) is 25.8 Å². The molecular weight excluding hydrogens is 226 g/mol. The largest absolute Gasteiger partial charge is 0.508 e. The number of anilines is 1. The average molecular weight is 243 g/mol. The molecular formula is C14H17N3O. The lowest BCUT2D eigenvalue weighted by atomic mass is 10.1. The highest BCUT2D eigenvalue weighted by Gasteiger charge is 2.03. The second kappa shape index (κ2) is 6.00. The second-order valence-corrected chi connectivity index (χ2v) is 4.38. The van der Waals surface area contributed by atoms with Crippen molar-refractivity contribution in [1.29, 1.82) is 0 Å². The summed E-state index contributed by atoms with van der Waals surface area (Å²) in [6, 6.07) is 7.70. The minimum Gasteiger partial charge on any atom is -0.508 e. The molecule has 0 spiro atoms. The van der Waals surface area contributed by atoms with Crippen LogP contribution < -0.4 is 5.32 Å². The van der Waals surface area contributed by atoms with Crippen molar-refractivity contribution in [2.75, 3.05) is 5.32 Å². The Morgan fingerprint density at radius 2 is 1.83 bits per heavy atom. The first-order valence-electron chi connectivity index (χ1n) is 6.03. The van der Waals surface area contributed by atoms with Gasteiger partial charge in [0.1, 0.15) is 12.1 Å². The van der Waals surface area contributed by atoms with Crippen LogP contribution in [-0.4, -0.2) is 21.1 Å². The molecule has 0 amide bonds. The van der Waals surface area contributed by atoms with Crippen molar-refractivity contribution in [1.82, 2.24) is 9.97 Å². The Kier molecular flexibility index (Phi) is 4.12. The van der Waals surface area contributed by atoms with Gasteiger partial charge in [-0.3, -0.25) is 0 Å². The third kappa shape index (κ3) is 3.73. The summed E-state index contributed by atoms with van der Waals surface area (Å²) >= 11 is 0. The highest BCUT2D eigenvalue weighted by molar-refractivity contribution is 5.38. The van der Waals surface area contributed by atoms with E-state index in [1.807, 2.05) is 12.1 Å². The van der Waals surface area contributed by atoms with Gasteiger partial charge in [-0.25, -0.2) is 9.97 Å². The molecule has 0 bridgehead atoms. The van der Waals surface area contributed by atoms with Crippen LogP contribution in [0.2, 0.25) is 0 Å². The lowest BCUT2D eigenvalue weighted by Crippen LogP contribution is -2.16. The molecule has 1 aromatic carbocycles. The Bertz CT molecular complexity index is 470. The van der Waals surface area contributed by atoms with Crippen LogP contribution in [-0.2, 0) is 6.42 Å². The first kappa shape index (κ1) is 12.4. The number of phenolic OH excluding ortho intramolecular Hbond substituents is 1. The van der Waals surface area contributed by atoms with Gasteiger partial charge >= 0.3 is 0 Å². The predicted molar refractivity (Wildman–Crippen MR) is 71.5 cm³/mol. The predicted octanol–water partition coefficient (Wildman–Crippen LogP) is 2.62. The maximum Gasteiger partial charge on any atom is 0.115 e. The quantitative estimate of drug-likeness (QED) is 0.847. The topological polar surface area (TPSA) is 58.0 Å². The third-order valence-electron chi connectivity index (χ3n) is 2.78. The summed E-state index contributed by atoms with van der Waals surface area (Å²) in [5.74, 6) is 0.311. The number of nitrogens with zero attached hydrogens (tertiary/aromatic N) is 2. The molecule has 1 heterocycles. The van der Waals surface area contributed by atoms with Crippen LogP contribution in [0.4, 0.5) is 5.69 Å². The number of benzene rings is 1. The molecule has 2 N–H and O–H groups in total. The van der Waals surface area contributed by atoms with Crippen molar-refractivity contribution in [3.05, 3.63) is 48.5 Å². The van der Waals surface area contributed by atoms with Gasteiger partial charge in [0, 0.05) is 6.04 Å². The third-order valence-corrected chi connectivity index (χ3v) is 2.78. The molecule has 0 radical (unpaired) electrons. The van der Waals surface area contributed by atoms with Gasteiger partial charge in [-0.05, 0) is 37.5 Å². The molecule has 0 aliphatic heterocycles. The monoisotopic (exact) mass is 243 g/mol. The van der Waals surface area contributed by atoms with Crippen molar-refractivity contribution < 1.29 is 5.11 Å². The van der Waals surface area contributed by atoms with Crippen molar-refractivity contribution >= 4 is 5.69 Å². The second-order valence-electron chi connectivity index (χ2n) is 4.38. The van der Waals surface area contributed by atoms with Crippen LogP contribution in [0.3, 0.4) is 0 Å². The van der Waals surface area contributed by atoms with E-state index >= 15 is 0 Å². The van der Waals surface area contributed by atoms with Gasteiger partial charge in [0.2, 0.25) is 0 Å².